The number of rotatable bonds is 7. The lowest BCUT2D eigenvalue weighted by atomic mass is 10.1. The molecular weight excluding hydrogens is 316 g/mol. The Morgan fingerprint density at radius 2 is 1.83 bits per heavy atom. The molecule has 3 N–H and O–H groups in total. The number of carbonyl (C=O) groups excluding carboxylic acids is 1. The molecule has 124 valence electrons. The standard InChI is InChI=1S/C20H22N2OS/c21-18(15-7-2-1-3-8-15)13-22-20(23)12-6-9-16-14-24-19-11-5-4-10-17(16)19/h1-5,7-8,10-11,14,18H,6,9,12-13,21H2,(H,22,23). The van der Waals surface area contributed by atoms with Gasteiger partial charge >= 0.3 is 0 Å². The Morgan fingerprint density at radius 3 is 2.67 bits per heavy atom. The molecule has 1 unspecified atom stereocenters. The zero-order valence-electron chi connectivity index (χ0n) is 13.6. The van der Waals surface area contributed by atoms with Gasteiger partial charge in [-0.1, -0.05) is 48.5 Å². The number of amides is 1. The van der Waals surface area contributed by atoms with E-state index in [1.165, 1.54) is 15.6 Å². The molecule has 3 nitrogen and oxygen atoms in total. The maximum atomic E-state index is 12.0. The van der Waals surface area contributed by atoms with Crippen LogP contribution in [0.4, 0.5) is 0 Å². The minimum absolute atomic E-state index is 0.0703. The molecule has 0 aliphatic rings. The number of benzene rings is 2. The quantitative estimate of drug-likeness (QED) is 0.683. The van der Waals surface area contributed by atoms with Crippen LogP contribution in [0.25, 0.3) is 10.1 Å². The second-order valence-electron chi connectivity index (χ2n) is 5.93. The number of thiophene rings is 1. The molecule has 0 saturated carbocycles. The molecular formula is C20H22N2OS. The minimum atomic E-state index is -0.157. The van der Waals surface area contributed by atoms with E-state index in [4.69, 9.17) is 5.73 Å². The highest BCUT2D eigenvalue weighted by Crippen LogP contribution is 2.26. The Morgan fingerprint density at radius 1 is 1.08 bits per heavy atom. The summed E-state index contributed by atoms with van der Waals surface area (Å²) in [4.78, 5) is 12.0. The number of nitrogens with one attached hydrogen (secondary N) is 1. The van der Waals surface area contributed by atoms with Gasteiger partial charge in [0.1, 0.15) is 0 Å². The normalized spacial score (nSPS) is 12.2. The SMILES string of the molecule is NC(CNC(=O)CCCc1csc2ccccc12)c1ccccc1. The highest BCUT2D eigenvalue weighted by Gasteiger charge is 2.09. The molecule has 0 spiro atoms. The molecule has 3 rings (SSSR count). The van der Waals surface area contributed by atoms with Gasteiger partial charge in [-0.3, -0.25) is 4.79 Å². The Bertz CT molecular complexity index is 798. The van der Waals surface area contributed by atoms with Gasteiger partial charge in [0, 0.05) is 23.7 Å². The van der Waals surface area contributed by atoms with E-state index in [9.17, 15) is 4.79 Å². The van der Waals surface area contributed by atoms with Crippen LogP contribution in [0.3, 0.4) is 0 Å². The summed E-state index contributed by atoms with van der Waals surface area (Å²) in [5.41, 5.74) is 8.48. The Kier molecular flexibility index (Phi) is 5.62. The summed E-state index contributed by atoms with van der Waals surface area (Å²) in [6, 6.07) is 18.1. The fourth-order valence-electron chi connectivity index (χ4n) is 2.80. The number of aryl methyl sites for hydroxylation is 1. The summed E-state index contributed by atoms with van der Waals surface area (Å²) < 4.78 is 1.31. The van der Waals surface area contributed by atoms with Crippen LogP contribution in [0.5, 0.6) is 0 Å². The predicted molar refractivity (Wildman–Crippen MR) is 101 cm³/mol. The highest BCUT2D eigenvalue weighted by atomic mass is 32.1. The molecule has 0 fully saturated rings. The maximum Gasteiger partial charge on any atom is 0.220 e. The fourth-order valence-corrected chi connectivity index (χ4v) is 3.79. The van der Waals surface area contributed by atoms with Crippen molar-refractivity contribution in [3.63, 3.8) is 0 Å². The van der Waals surface area contributed by atoms with Crippen LogP contribution in [0, 0.1) is 0 Å². The van der Waals surface area contributed by atoms with Gasteiger partial charge in [-0.05, 0) is 40.8 Å². The number of nitrogens with two attached hydrogens (primary N) is 1. The zero-order chi connectivity index (χ0) is 16.8. The average Bonchev–Trinajstić information content (AvgIpc) is 3.04. The van der Waals surface area contributed by atoms with Crippen molar-refractivity contribution in [1.29, 1.82) is 0 Å². The van der Waals surface area contributed by atoms with Crippen molar-refractivity contribution in [2.24, 2.45) is 5.73 Å². The van der Waals surface area contributed by atoms with Crippen molar-refractivity contribution in [1.82, 2.24) is 5.32 Å². The maximum absolute atomic E-state index is 12.0. The highest BCUT2D eigenvalue weighted by molar-refractivity contribution is 7.17. The average molecular weight is 338 g/mol. The van der Waals surface area contributed by atoms with E-state index in [1.54, 1.807) is 11.3 Å². The summed E-state index contributed by atoms with van der Waals surface area (Å²) >= 11 is 1.77. The second-order valence-corrected chi connectivity index (χ2v) is 6.84. The predicted octanol–water partition coefficient (Wildman–Crippen LogP) is 4.04. The molecule has 1 amide bonds. The van der Waals surface area contributed by atoms with Crippen LogP contribution in [-0.2, 0) is 11.2 Å². The lowest BCUT2D eigenvalue weighted by Crippen LogP contribution is -2.31. The molecule has 0 aliphatic heterocycles. The third-order valence-corrected chi connectivity index (χ3v) is 5.17. The molecule has 1 heterocycles. The van der Waals surface area contributed by atoms with Crippen LogP contribution in [0.1, 0.15) is 30.0 Å². The van der Waals surface area contributed by atoms with E-state index in [0.717, 1.165) is 18.4 Å². The number of hydrogen-bond donors (Lipinski definition) is 2. The first-order valence-electron chi connectivity index (χ1n) is 8.26. The summed E-state index contributed by atoms with van der Waals surface area (Å²) in [5.74, 6) is 0.0703. The van der Waals surface area contributed by atoms with E-state index >= 15 is 0 Å². The second kappa shape index (κ2) is 8.08. The molecule has 2 aromatic carbocycles. The molecule has 0 saturated heterocycles. The van der Waals surface area contributed by atoms with Gasteiger partial charge in [0.15, 0.2) is 0 Å². The Labute approximate surface area is 146 Å². The monoisotopic (exact) mass is 338 g/mol. The van der Waals surface area contributed by atoms with E-state index in [1.807, 2.05) is 30.3 Å². The van der Waals surface area contributed by atoms with Crippen molar-refractivity contribution in [2.75, 3.05) is 6.54 Å². The van der Waals surface area contributed by atoms with Crippen molar-refractivity contribution in [2.45, 2.75) is 25.3 Å². The van der Waals surface area contributed by atoms with Gasteiger partial charge in [0.05, 0.1) is 0 Å². The topological polar surface area (TPSA) is 55.1 Å². The largest absolute Gasteiger partial charge is 0.354 e. The first kappa shape index (κ1) is 16.7. The van der Waals surface area contributed by atoms with Crippen molar-refractivity contribution < 1.29 is 4.79 Å². The van der Waals surface area contributed by atoms with Crippen molar-refractivity contribution in [3.05, 3.63) is 71.1 Å². The number of hydrogen-bond acceptors (Lipinski definition) is 3. The Hall–Kier alpha value is -2.17. The molecule has 0 bridgehead atoms. The first-order valence-corrected chi connectivity index (χ1v) is 9.14. The van der Waals surface area contributed by atoms with Crippen LogP contribution in [0.15, 0.2) is 60.0 Å². The summed E-state index contributed by atoms with van der Waals surface area (Å²) in [6.45, 7) is 0.476. The third-order valence-electron chi connectivity index (χ3n) is 4.16. The minimum Gasteiger partial charge on any atom is -0.354 e. The number of fused-ring (bicyclic) bond motifs is 1. The molecule has 24 heavy (non-hydrogen) atoms. The van der Waals surface area contributed by atoms with Crippen LogP contribution in [-0.4, -0.2) is 12.5 Å². The molecule has 3 aromatic rings. The zero-order valence-corrected chi connectivity index (χ0v) is 14.4. The third kappa shape index (κ3) is 4.22. The molecule has 1 atom stereocenters. The van der Waals surface area contributed by atoms with Crippen molar-refractivity contribution >= 4 is 27.3 Å². The van der Waals surface area contributed by atoms with Gasteiger partial charge in [0.2, 0.25) is 5.91 Å². The van der Waals surface area contributed by atoms with Gasteiger partial charge in [0.25, 0.3) is 0 Å². The van der Waals surface area contributed by atoms with Crippen LogP contribution in [0.2, 0.25) is 0 Å². The van der Waals surface area contributed by atoms with Gasteiger partial charge in [-0.25, -0.2) is 0 Å². The van der Waals surface area contributed by atoms with Gasteiger partial charge < -0.3 is 11.1 Å². The molecule has 0 radical (unpaired) electrons. The van der Waals surface area contributed by atoms with E-state index in [0.29, 0.717) is 13.0 Å². The molecule has 4 heteroatoms. The van der Waals surface area contributed by atoms with E-state index in [2.05, 4.69) is 35.0 Å². The first-order chi connectivity index (χ1) is 11.7. The molecule has 1 aromatic heterocycles. The van der Waals surface area contributed by atoms with E-state index in [-0.39, 0.29) is 11.9 Å². The Balaban J connectivity index is 1.43. The number of carbonyl (C=O) groups is 1. The fraction of sp³-hybridized carbons (Fsp3) is 0.250. The summed E-state index contributed by atoms with van der Waals surface area (Å²) in [5, 5.41) is 6.45. The van der Waals surface area contributed by atoms with Gasteiger partial charge in [-0.2, -0.15) is 0 Å². The van der Waals surface area contributed by atoms with E-state index < -0.39 is 0 Å². The van der Waals surface area contributed by atoms with Crippen LogP contribution >= 0.6 is 11.3 Å². The lowest BCUT2D eigenvalue weighted by molar-refractivity contribution is -0.121. The lowest BCUT2D eigenvalue weighted by Gasteiger charge is -2.13. The summed E-state index contributed by atoms with van der Waals surface area (Å²) in [6.07, 6.45) is 2.32. The smallest absolute Gasteiger partial charge is 0.220 e. The van der Waals surface area contributed by atoms with Crippen molar-refractivity contribution in [3.8, 4) is 0 Å². The summed E-state index contributed by atoms with van der Waals surface area (Å²) in [7, 11) is 0. The van der Waals surface area contributed by atoms with Gasteiger partial charge in [-0.15, -0.1) is 11.3 Å². The molecule has 0 aliphatic carbocycles. The van der Waals surface area contributed by atoms with Crippen LogP contribution < -0.4 is 11.1 Å².